The van der Waals surface area contributed by atoms with Crippen molar-refractivity contribution in [3.63, 3.8) is 0 Å². The van der Waals surface area contributed by atoms with E-state index in [0.717, 1.165) is 25.3 Å². The maximum Gasteiger partial charge on any atom is 0.223 e. The summed E-state index contributed by atoms with van der Waals surface area (Å²) in [5.74, 6) is 1.23. The minimum absolute atomic E-state index is 0.202. The second-order valence-corrected chi connectivity index (χ2v) is 4.70. The molecule has 0 aromatic carbocycles. The highest BCUT2D eigenvalue weighted by molar-refractivity contribution is 5.79. The fraction of sp³-hybridized carbons (Fsp3) is 0.812. The van der Waals surface area contributed by atoms with E-state index in [9.17, 15) is 4.79 Å². The van der Waals surface area contributed by atoms with E-state index in [0.29, 0.717) is 13.0 Å². The molecule has 0 spiro atoms. The molecule has 0 aliphatic carbocycles. The van der Waals surface area contributed by atoms with Gasteiger partial charge in [0.2, 0.25) is 5.91 Å². The zero-order valence-corrected chi connectivity index (χ0v) is 13.2. The van der Waals surface area contributed by atoms with Crippen molar-refractivity contribution in [2.45, 2.75) is 59.8 Å². The third-order valence-corrected chi connectivity index (χ3v) is 3.28. The Morgan fingerprint density at radius 2 is 2.00 bits per heavy atom. The summed E-state index contributed by atoms with van der Waals surface area (Å²) in [5.41, 5.74) is 0. The highest BCUT2D eigenvalue weighted by Crippen LogP contribution is 2.24. The zero-order chi connectivity index (χ0) is 14.7. The van der Waals surface area contributed by atoms with E-state index in [1.807, 2.05) is 25.7 Å². The van der Waals surface area contributed by atoms with E-state index in [2.05, 4.69) is 13.5 Å². The van der Waals surface area contributed by atoms with Crippen LogP contribution in [0.4, 0.5) is 0 Å². The van der Waals surface area contributed by atoms with Crippen LogP contribution in [0, 0.1) is 5.92 Å². The molecule has 3 nitrogen and oxygen atoms in total. The van der Waals surface area contributed by atoms with E-state index in [4.69, 9.17) is 4.74 Å². The van der Waals surface area contributed by atoms with E-state index in [-0.39, 0.29) is 11.8 Å². The van der Waals surface area contributed by atoms with Crippen molar-refractivity contribution in [1.82, 2.24) is 4.90 Å². The average molecular weight is 269 g/mol. The Kier molecular flexibility index (Phi) is 10.3. The van der Waals surface area contributed by atoms with Gasteiger partial charge >= 0.3 is 0 Å². The Labute approximate surface area is 119 Å². The van der Waals surface area contributed by atoms with Gasteiger partial charge in [0.25, 0.3) is 0 Å². The van der Waals surface area contributed by atoms with Crippen molar-refractivity contribution in [2.24, 2.45) is 5.92 Å². The minimum Gasteiger partial charge on any atom is -0.498 e. The Morgan fingerprint density at radius 1 is 1.32 bits per heavy atom. The fourth-order valence-electron chi connectivity index (χ4n) is 2.24. The third kappa shape index (κ3) is 6.65. The van der Waals surface area contributed by atoms with Crippen LogP contribution in [-0.2, 0) is 9.53 Å². The predicted molar refractivity (Wildman–Crippen MR) is 80.9 cm³/mol. The maximum atomic E-state index is 11.8. The Hall–Kier alpha value is -0.990. The number of hydrogen-bond donors (Lipinski definition) is 0. The number of hydrogen-bond acceptors (Lipinski definition) is 2. The summed E-state index contributed by atoms with van der Waals surface area (Å²) in [6.45, 7) is 14.4. The largest absolute Gasteiger partial charge is 0.498 e. The normalized spacial score (nSPS) is 18.0. The summed E-state index contributed by atoms with van der Waals surface area (Å²) >= 11 is 0. The molecule has 1 aliphatic rings. The molecular formula is C16H31NO2. The second-order valence-electron chi connectivity index (χ2n) is 4.70. The number of likely N-dealkylation sites (tertiary alicyclic amines) is 1. The quantitative estimate of drug-likeness (QED) is 0.492. The molecule has 112 valence electrons. The number of unbranched alkanes of at least 4 members (excludes halogenated alkanes) is 3. The molecule has 0 saturated carbocycles. The van der Waals surface area contributed by atoms with E-state index < -0.39 is 0 Å². The number of rotatable bonds is 8. The van der Waals surface area contributed by atoms with Gasteiger partial charge in [0.05, 0.1) is 12.4 Å². The summed E-state index contributed by atoms with van der Waals surface area (Å²) in [7, 11) is 0. The van der Waals surface area contributed by atoms with Crippen LogP contribution in [0.2, 0.25) is 0 Å². The monoisotopic (exact) mass is 269 g/mol. The average Bonchev–Trinajstić information content (AvgIpc) is 2.79. The van der Waals surface area contributed by atoms with Crippen LogP contribution in [-0.4, -0.2) is 30.5 Å². The van der Waals surface area contributed by atoms with Crippen molar-refractivity contribution in [1.29, 1.82) is 0 Å². The van der Waals surface area contributed by atoms with E-state index in [1.54, 1.807) is 0 Å². The fourth-order valence-corrected chi connectivity index (χ4v) is 2.24. The summed E-state index contributed by atoms with van der Waals surface area (Å²) in [6.07, 6.45) is 5.41. The Morgan fingerprint density at radius 3 is 2.58 bits per heavy atom. The molecule has 1 unspecified atom stereocenters. The van der Waals surface area contributed by atoms with Gasteiger partial charge in [-0.3, -0.25) is 4.79 Å². The highest BCUT2D eigenvalue weighted by Gasteiger charge is 2.31. The Balaban J connectivity index is 0.00000154. The van der Waals surface area contributed by atoms with Gasteiger partial charge in [-0.05, 0) is 13.3 Å². The van der Waals surface area contributed by atoms with Gasteiger partial charge in [0, 0.05) is 25.4 Å². The van der Waals surface area contributed by atoms with Gasteiger partial charge in [-0.15, -0.1) is 0 Å². The van der Waals surface area contributed by atoms with Crippen molar-refractivity contribution in [3.05, 3.63) is 12.3 Å². The molecule has 0 aromatic rings. The first-order chi connectivity index (χ1) is 9.19. The summed E-state index contributed by atoms with van der Waals surface area (Å²) in [6, 6.07) is 0. The number of amides is 1. The van der Waals surface area contributed by atoms with E-state index >= 15 is 0 Å². The first-order valence-electron chi connectivity index (χ1n) is 7.78. The molecule has 0 bridgehead atoms. The van der Waals surface area contributed by atoms with Crippen molar-refractivity contribution < 1.29 is 9.53 Å². The van der Waals surface area contributed by atoms with Crippen molar-refractivity contribution in [3.8, 4) is 0 Å². The summed E-state index contributed by atoms with van der Waals surface area (Å²) in [4.78, 5) is 13.7. The third-order valence-electron chi connectivity index (χ3n) is 3.28. The predicted octanol–water partition coefficient (Wildman–Crippen LogP) is 3.99. The molecule has 1 saturated heterocycles. The van der Waals surface area contributed by atoms with Gasteiger partial charge in [0.1, 0.15) is 0 Å². The smallest absolute Gasteiger partial charge is 0.223 e. The maximum absolute atomic E-state index is 11.8. The number of carbonyl (C=O) groups excluding carboxylic acids is 1. The molecule has 1 fully saturated rings. The lowest BCUT2D eigenvalue weighted by atomic mass is 10.1. The molecule has 0 N–H and O–H groups in total. The van der Waals surface area contributed by atoms with Crippen molar-refractivity contribution in [2.75, 3.05) is 19.7 Å². The van der Waals surface area contributed by atoms with Crippen LogP contribution >= 0.6 is 0 Å². The van der Waals surface area contributed by atoms with Gasteiger partial charge in [-0.25, -0.2) is 0 Å². The van der Waals surface area contributed by atoms with Crippen LogP contribution < -0.4 is 0 Å². The first-order valence-corrected chi connectivity index (χ1v) is 7.78. The SMILES string of the molecule is C=C(OCC)C1CC(=O)N(CCCCCC)C1.CC. The summed E-state index contributed by atoms with van der Waals surface area (Å²) in [5, 5.41) is 0. The minimum atomic E-state index is 0.202. The molecule has 19 heavy (non-hydrogen) atoms. The molecule has 0 radical (unpaired) electrons. The zero-order valence-electron chi connectivity index (χ0n) is 13.2. The van der Waals surface area contributed by atoms with E-state index in [1.165, 1.54) is 19.3 Å². The van der Waals surface area contributed by atoms with Crippen LogP contribution in [0.25, 0.3) is 0 Å². The van der Waals surface area contributed by atoms with Crippen LogP contribution in [0.1, 0.15) is 59.8 Å². The molecule has 3 heteroatoms. The molecule has 1 amide bonds. The number of carbonyl (C=O) groups is 1. The molecule has 1 aliphatic heterocycles. The van der Waals surface area contributed by atoms with Gasteiger partial charge in [-0.1, -0.05) is 46.6 Å². The number of ether oxygens (including phenoxy) is 1. The topological polar surface area (TPSA) is 29.5 Å². The molecular weight excluding hydrogens is 238 g/mol. The standard InChI is InChI=1S/C14H25NO2.C2H6/c1-4-6-7-8-9-15-11-13(10-14(15)16)12(3)17-5-2;1-2/h13H,3-11H2,1-2H3;1-2H3. The van der Waals surface area contributed by atoms with Crippen LogP contribution in [0.5, 0.6) is 0 Å². The lowest BCUT2D eigenvalue weighted by molar-refractivity contribution is -0.127. The van der Waals surface area contributed by atoms with Crippen LogP contribution in [0.3, 0.4) is 0 Å². The first kappa shape index (κ1) is 18.0. The highest BCUT2D eigenvalue weighted by atomic mass is 16.5. The lowest BCUT2D eigenvalue weighted by Gasteiger charge is -2.17. The molecule has 0 aromatic heterocycles. The molecule has 1 heterocycles. The molecule has 1 atom stereocenters. The van der Waals surface area contributed by atoms with Gasteiger partial charge in [0.15, 0.2) is 0 Å². The van der Waals surface area contributed by atoms with Gasteiger partial charge < -0.3 is 9.64 Å². The Bertz CT molecular complexity index is 263. The summed E-state index contributed by atoms with van der Waals surface area (Å²) < 4.78 is 5.39. The molecule has 1 rings (SSSR count). The van der Waals surface area contributed by atoms with Crippen molar-refractivity contribution >= 4 is 5.91 Å². The van der Waals surface area contributed by atoms with Crippen LogP contribution in [0.15, 0.2) is 12.3 Å². The number of nitrogens with zero attached hydrogens (tertiary/aromatic N) is 1. The van der Waals surface area contributed by atoms with Gasteiger partial charge in [-0.2, -0.15) is 0 Å². The second kappa shape index (κ2) is 10.9. The lowest BCUT2D eigenvalue weighted by Crippen LogP contribution is -2.26.